The second kappa shape index (κ2) is 5.59. The van der Waals surface area contributed by atoms with Gasteiger partial charge in [-0.15, -0.1) is 5.11 Å². The van der Waals surface area contributed by atoms with E-state index in [2.05, 4.69) is 45.7 Å². The molecule has 1 unspecified atom stereocenters. The number of nitrogens with zero attached hydrogens (tertiary/aromatic N) is 3. The second-order valence-electron chi connectivity index (χ2n) is 6.38. The van der Waals surface area contributed by atoms with Crippen molar-refractivity contribution in [2.24, 2.45) is 22.1 Å². The summed E-state index contributed by atoms with van der Waals surface area (Å²) in [6.07, 6.45) is 3.59. The molecular weight excluding hydrogens is 238 g/mol. The summed E-state index contributed by atoms with van der Waals surface area (Å²) in [6, 6.07) is 1.14. The van der Waals surface area contributed by atoms with Crippen molar-refractivity contribution in [3.63, 3.8) is 0 Å². The SMILES string of the molecule is CC(C)CNC1=CC(N2C[C@H]3CCN[C@H]3C2)CN=N1. The van der Waals surface area contributed by atoms with Crippen LogP contribution in [0.1, 0.15) is 20.3 Å². The topological polar surface area (TPSA) is 52.0 Å². The highest BCUT2D eigenvalue weighted by molar-refractivity contribution is 5.09. The minimum absolute atomic E-state index is 0.430. The van der Waals surface area contributed by atoms with Crippen molar-refractivity contribution in [1.82, 2.24) is 15.5 Å². The summed E-state index contributed by atoms with van der Waals surface area (Å²) in [4.78, 5) is 2.57. The fraction of sp³-hybridized carbons (Fsp3) is 0.857. The first kappa shape index (κ1) is 13.1. The molecule has 3 aliphatic heterocycles. The maximum Gasteiger partial charge on any atom is 0.145 e. The average Bonchev–Trinajstić information content (AvgIpc) is 2.97. The normalized spacial score (nSPS) is 34.7. The predicted molar refractivity (Wildman–Crippen MR) is 75.9 cm³/mol. The molecule has 2 fully saturated rings. The Morgan fingerprint density at radius 3 is 3.16 bits per heavy atom. The highest BCUT2D eigenvalue weighted by Gasteiger charge is 2.38. The third kappa shape index (κ3) is 2.98. The zero-order valence-electron chi connectivity index (χ0n) is 12.0. The van der Waals surface area contributed by atoms with Gasteiger partial charge in [-0.25, -0.2) is 0 Å². The highest BCUT2D eigenvalue weighted by atomic mass is 15.3. The molecule has 3 atom stereocenters. The maximum atomic E-state index is 4.29. The summed E-state index contributed by atoms with van der Waals surface area (Å²) in [5.41, 5.74) is 0. The van der Waals surface area contributed by atoms with Gasteiger partial charge in [0.2, 0.25) is 0 Å². The molecule has 3 heterocycles. The Morgan fingerprint density at radius 1 is 1.47 bits per heavy atom. The van der Waals surface area contributed by atoms with Gasteiger partial charge in [-0.3, -0.25) is 4.90 Å². The smallest absolute Gasteiger partial charge is 0.145 e. The molecule has 0 aromatic carbocycles. The number of rotatable bonds is 4. The predicted octanol–water partition coefficient (Wildman–Crippen LogP) is 1.20. The Morgan fingerprint density at radius 2 is 2.37 bits per heavy atom. The first-order valence-electron chi connectivity index (χ1n) is 7.53. The Labute approximate surface area is 115 Å². The van der Waals surface area contributed by atoms with Crippen LogP contribution in [0.5, 0.6) is 0 Å². The van der Waals surface area contributed by atoms with Crippen molar-refractivity contribution < 1.29 is 0 Å². The van der Waals surface area contributed by atoms with Gasteiger partial charge < -0.3 is 10.6 Å². The van der Waals surface area contributed by atoms with Crippen LogP contribution in [0.2, 0.25) is 0 Å². The molecule has 0 amide bonds. The van der Waals surface area contributed by atoms with Crippen LogP contribution in [-0.4, -0.2) is 49.7 Å². The fourth-order valence-corrected chi connectivity index (χ4v) is 3.25. The number of azo groups is 1. The highest BCUT2D eigenvalue weighted by Crippen LogP contribution is 2.27. The molecule has 3 rings (SSSR count). The van der Waals surface area contributed by atoms with E-state index in [1.165, 1.54) is 26.1 Å². The lowest BCUT2D eigenvalue weighted by atomic mass is 10.1. The molecule has 2 N–H and O–H groups in total. The first-order chi connectivity index (χ1) is 9.22. The fourth-order valence-electron chi connectivity index (χ4n) is 3.25. The lowest BCUT2D eigenvalue weighted by Crippen LogP contribution is -2.39. The third-order valence-electron chi connectivity index (χ3n) is 4.35. The van der Waals surface area contributed by atoms with Crippen LogP contribution < -0.4 is 10.6 Å². The van der Waals surface area contributed by atoms with Crippen LogP contribution in [0.15, 0.2) is 22.1 Å². The second-order valence-corrected chi connectivity index (χ2v) is 6.38. The number of hydrogen-bond acceptors (Lipinski definition) is 5. The van der Waals surface area contributed by atoms with Crippen molar-refractivity contribution in [1.29, 1.82) is 0 Å². The minimum Gasteiger partial charge on any atom is -0.369 e. The Balaban J connectivity index is 1.58. The molecule has 2 saturated heterocycles. The van der Waals surface area contributed by atoms with E-state index >= 15 is 0 Å². The summed E-state index contributed by atoms with van der Waals surface area (Å²) in [5.74, 6) is 2.43. The van der Waals surface area contributed by atoms with E-state index < -0.39 is 0 Å². The Bertz CT molecular complexity index is 364. The van der Waals surface area contributed by atoms with Crippen LogP contribution in [0.4, 0.5) is 0 Å². The molecule has 3 aliphatic rings. The molecule has 106 valence electrons. The molecule has 0 saturated carbocycles. The summed E-state index contributed by atoms with van der Waals surface area (Å²) in [7, 11) is 0. The van der Waals surface area contributed by atoms with Gasteiger partial charge >= 0.3 is 0 Å². The van der Waals surface area contributed by atoms with E-state index in [1.54, 1.807) is 0 Å². The number of fused-ring (bicyclic) bond motifs is 1. The zero-order valence-corrected chi connectivity index (χ0v) is 12.0. The van der Waals surface area contributed by atoms with E-state index in [0.717, 1.165) is 24.8 Å². The lowest BCUT2D eigenvalue weighted by Gasteiger charge is -2.26. The number of hydrogen-bond donors (Lipinski definition) is 2. The first-order valence-corrected chi connectivity index (χ1v) is 7.53. The van der Waals surface area contributed by atoms with Gasteiger partial charge in [0.1, 0.15) is 5.82 Å². The van der Waals surface area contributed by atoms with Gasteiger partial charge in [-0.05, 0) is 30.9 Å². The molecule has 0 aromatic heterocycles. The molecule has 0 aromatic rings. The quantitative estimate of drug-likeness (QED) is 0.801. The summed E-state index contributed by atoms with van der Waals surface area (Å²) < 4.78 is 0. The standard InChI is InChI=1S/C14H25N5/c1-10(2)6-16-14-5-12(7-17-18-14)19-8-11-3-4-15-13(11)9-19/h5,10-13,15-16H,3-4,6-9H2,1-2H3/t11-,12?,13+/m1/s1. The molecule has 19 heavy (non-hydrogen) atoms. The van der Waals surface area contributed by atoms with Gasteiger partial charge in [-0.2, -0.15) is 5.11 Å². The van der Waals surface area contributed by atoms with Gasteiger partial charge in [0.15, 0.2) is 0 Å². The van der Waals surface area contributed by atoms with Crippen LogP contribution in [0.3, 0.4) is 0 Å². The molecule has 0 spiro atoms. The molecule has 0 bridgehead atoms. The monoisotopic (exact) mass is 263 g/mol. The largest absolute Gasteiger partial charge is 0.369 e. The van der Waals surface area contributed by atoms with Gasteiger partial charge in [0, 0.05) is 25.7 Å². The van der Waals surface area contributed by atoms with Crippen molar-refractivity contribution >= 4 is 0 Å². The van der Waals surface area contributed by atoms with E-state index in [0.29, 0.717) is 18.0 Å². The van der Waals surface area contributed by atoms with Crippen molar-refractivity contribution in [2.75, 3.05) is 32.7 Å². The summed E-state index contributed by atoms with van der Waals surface area (Å²) in [5, 5.41) is 15.5. The third-order valence-corrected chi connectivity index (χ3v) is 4.35. The van der Waals surface area contributed by atoms with Gasteiger partial charge in [0.25, 0.3) is 0 Å². The van der Waals surface area contributed by atoms with E-state index in [1.807, 2.05) is 0 Å². The summed E-state index contributed by atoms with van der Waals surface area (Å²) >= 11 is 0. The molecular formula is C14H25N5. The zero-order chi connectivity index (χ0) is 13.2. The molecule has 5 nitrogen and oxygen atoms in total. The van der Waals surface area contributed by atoms with Crippen molar-refractivity contribution in [3.05, 3.63) is 11.9 Å². The van der Waals surface area contributed by atoms with Crippen LogP contribution in [0, 0.1) is 11.8 Å². The average molecular weight is 263 g/mol. The van der Waals surface area contributed by atoms with Gasteiger partial charge in [-0.1, -0.05) is 13.8 Å². The Kier molecular flexibility index (Phi) is 3.84. The van der Waals surface area contributed by atoms with Crippen molar-refractivity contribution in [3.8, 4) is 0 Å². The number of nitrogens with one attached hydrogen (secondary N) is 2. The lowest BCUT2D eigenvalue weighted by molar-refractivity contribution is 0.262. The molecule has 5 heteroatoms. The van der Waals surface area contributed by atoms with E-state index in [-0.39, 0.29) is 0 Å². The van der Waals surface area contributed by atoms with Crippen LogP contribution in [0.25, 0.3) is 0 Å². The van der Waals surface area contributed by atoms with Gasteiger partial charge in [0.05, 0.1) is 12.6 Å². The van der Waals surface area contributed by atoms with E-state index in [9.17, 15) is 0 Å². The van der Waals surface area contributed by atoms with E-state index in [4.69, 9.17) is 0 Å². The Hall–Kier alpha value is -0.940. The molecule has 0 radical (unpaired) electrons. The van der Waals surface area contributed by atoms with Crippen molar-refractivity contribution in [2.45, 2.75) is 32.4 Å². The molecule has 0 aliphatic carbocycles. The summed E-state index contributed by atoms with van der Waals surface area (Å²) in [6.45, 7) is 9.77. The number of likely N-dealkylation sites (tertiary alicyclic amines) is 1. The van der Waals surface area contributed by atoms with Crippen LogP contribution in [-0.2, 0) is 0 Å². The van der Waals surface area contributed by atoms with Crippen LogP contribution >= 0.6 is 0 Å². The minimum atomic E-state index is 0.430. The maximum absolute atomic E-state index is 4.29.